The van der Waals surface area contributed by atoms with E-state index in [1.165, 1.54) is 0 Å². The first-order valence-electron chi connectivity index (χ1n) is 8.26. The van der Waals surface area contributed by atoms with E-state index in [1.807, 2.05) is 13.0 Å². The molecule has 0 radical (unpaired) electrons. The molecule has 0 saturated carbocycles. The Bertz CT molecular complexity index is 719. The number of rotatable bonds is 3. The highest BCUT2D eigenvalue weighted by atomic mass is 16.5. The van der Waals surface area contributed by atoms with Crippen LogP contribution in [0.3, 0.4) is 0 Å². The number of ether oxygens (including phenoxy) is 1. The van der Waals surface area contributed by atoms with E-state index in [0.29, 0.717) is 25.6 Å². The molecule has 2 fully saturated rings. The number of carbonyl (C=O) groups is 1. The molecule has 2 saturated heterocycles. The van der Waals surface area contributed by atoms with Gasteiger partial charge in [0, 0.05) is 31.8 Å². The van der Waals surface area contributed by atoms with Gasteiger partial charge in [0.05, 0.1) is 19.3 Å². The second kappa shape index (κ2) is 6.27. The first kappa shape index (κ1) is 15.2. The Morgan fingerprint density at radius 2 is 2.00 bits per heavy atom. The van der Waals surface area contributed by atoms with E-state index in [0.717, 1.165) is 37.4 Å². The number of nitrogens with zero attached hydrogens (tertiary/aromatic N) is 4. The van der Waals surface area contributed by atoms with Gasteiger partial charge in [-0.3, -0.25) is 4.79 Å². The van der Waals surface area contributed by atoms with Crippen LogP contribution in [0.2, 0.25) is 0 Å². The number of likely N-dealkylation sites (tertiary alicyclic amines) is 1. The van der Waals surface area contributed by atoms with Crippen molar-refractivity contribution in [2.45, 2.75) is 25.8 Å². The monoisotopic (exact) mass is 332 g/mol. The molecule has 1 amide bonds. The predicted molar refractivity (Wildman–Crippen MR) is 83.8 cm³/mol. The fourth-order valence-corrected chi connectivity index (χ4v) is 3.31. The van der Waals surface area contributed by atoms with Gasteiger partial charge in [-0.15, -0.1) is 0 Å². The number of carbonyl (C=O) groups excluding carboxylic acids is 1. The molecule has 4 heterocycles. The highest BCUT2D eigenvalue weighted by Crippen LogP contribution is 2.33. The fourth-order valence-electron chi connectivity index (χ4n) is 3.31. The van der Waals surface area contributed by atoms with Crippen LogP contribution in [0.25, 0.3) is 0 Å². The van der Waals surface area contributed by atoms with Crippen LogP contribution in [0.5, 0.6) is 0 Å². The summed E-state index contributed by atoms with van der Waals surface area (Å²) in [5, 5.41) is 8.11. The van der Waals surface area contributed by atoms with Gasteiger partial charge in [-0.25, -0.2) is 0 Å². The first-order chi connectivity index (χ1) is 11.7. The molecule has 128 valence electrons. The molecule has 0 spiro atoms. The number of morpholine rings is 1. The molecule has 2 aliphatic rings. The highest BCUT2D eigenvalue weighted by molar-refractivity contribution is 5.92. The van der Waals surface area contributed by atoms with Gasteiger partial charge < -0.3 is 23.6 Å². The number of hydrogen-bond donors (Lipinski definition) is 0. The first-order valence-corrected chi connectivity index (χ1v) is 8.26. The van der Waals surface area contributed by atoms with Crippen molar-refractivity contribution in [3.05, 3.63) is 29.3 Å². The summed E-state index contributed by atoms with van der Waals surface area (Å²) in [4.78, 5) is 16.7. The second-order valence-corrected chi connectivity index (χ2v) is 6.17. The number of amides is 1. The van der Waals surface area contributed by atoms with Crippen molar-refractivity contribution in [3.8, 4) is 0 Å². The molecular formula is C16H20N4O4. The lowest BCUT2D eigenvalue weighted by Gasteiger charge is -2.25. The third-order valence-electron chi connectivity index (χ3n) is 4.54. The molecule has 8 nitrogen and oxygen atoms in total. The molecule has 4 rings (SSSR count). The molecule has 1 unspecified atom stereocenters. The van der Waals surface area contributed by atoms with Crippen LogP contribution >= 0.6 is 0 Å². The van der Waals surface area contributed by atoms with E-state index in [1.54, 1.807) is 11.0 Å². The van der Waals surface area contributed by atoms with Crippen LogP contribution in [-0.4, -0.2) is 54.0 Å². The summed E-state index contributed by atoms with van der Waals surface area (Å²) in [6, 6.07) is 3.54. The quantitative estimate of drug-likeness (QED) is 0.847. The van der Waals surface area contributed by atoms with E-state index < -0.39 is 0 Å². The van der Waals surface area contributed by atoms with Crippen molar-refractivity contribution in [1.82, 2.24) is 15.2 Å². The summed E-state index contributed by atoms with van der Waals surface area (Å²) >= 11 is 0. The van der Waals surface area contributed by atoms with Gasteiger partial charge in [0.1, 0.15) is 11.5 Å². The van der Waals surface area contributed by atoms with Crippen LogP contribution < -0.4 is 4.90 Å². The van der Waals surface area contributed by atoms with Crippen LogP contribution in [0.15, 0.2) is 21.2 Å². The van der Waals surface area contributed by atoms with Gasteiger partial charge in [0.25, 0.3) is 5.91 Å². The predicted octanol–water partition coefficient (Wildman–Crippen LogP) is 1.78. The molecule has 8 heteroatoms. The van der Waals surface area contributed by atoms with Crippen molar-refractivity contribution < 1.29 is 18.6 Å². The van der Waals surface area contributed by atoms with Crippen molar-refractivity contribution >= 4 is 11.7 Å². The standard InChI is InChI=1S/C16H20N4O4/c1-11-9-12(17-23-11)13-3-2-4-20(13)16(21)14-10-15(18-24-14)19-5-7-22-8-6-19/h9-10,13H,2-8H2,1H3. The van der Waals surface area contributed by atoms with E-state index in [2.05, 4.69) is 15.2 Å². The second-order valence-electron chi connectivity index (χ2n) is 6.17. The van der Waals surface area contributed by atoms with Crippen molar-refractivity contribution in [1.29, 1.82) is 0 Å². The Morgan fingerprint density at radius 1 is 1.17 bits per heavy atom. The zero-order valence-corrected chi connectivity index (χ0v) is 13.6. The maximum Gasteiger partial charge on any atom is 0.293 e. The molecule has 0 aliphatic carbocycles. The summed E-state index contributed by atoms with van der Waals surface area (Å²) < 4.78 is 15.8. The van der Waals surface area contributed by atoms with Crippen LogP contribution in [0.1, 0.15) is 40.9 Å². The maximum absolute atomic E-state index is 12.8. The highest BCUT2D eigenvalue weighted by Gasteiger charge is 2.34. The van der Waals surface area contributed by atoms with Gasteiger partial charge in [-0.2, -0.15) is 0 Å². The summed E-state index contributed by atoms with van der Waals surface area (Å²) in [6.45, 7) is 5.37. The minimum absolute atomic E-state index is 0.0631. The Balaban J connectivity index is 1.51. The molecule has 2 aliphatic heterocycles. The number of hydrogen-bond acceptors (Lipinski definition) is 7. The Morgan fingerprint density at radius 3 is 2.75 bits per heavy atom. The van der Waals surface area contributed by atoms with E-state index in [4.69, 9.17) is 13.8 Å². The average molecular weight is 332 g/mol. The Kier molecular flexibility index (Phi) is 3.97. The van der Waals surface area contributed by atoms with Gasteiger partial charge in [0.15, 0.2) is 5.82 Å². The normalized spacial score (nSPS) is 21.5. The van der Waals surface area contributed by atoms with Crippen LogP contribution in [-0.2, 0) is 4.74 Å². The molecule has 24 heavy (non-hydrogen) atoms. The number of aromatic nitrogens is 2. The topological polar surface area (TPSA) is 84.8 Å². The summed E-state index contributed by atoms with van der Waals surface area (Å²) in [7, 11) is 0. The zero-order chi connectivity index (χ0) is 16.5. The lowest BCUT2D eigenvalue weighted by atomic mass is 10.1. The number of aryl methyl sites for hydroxylation is 1. The SMILES string of the molecule is Cc1cc(C2CCCN2C(=O)c2cc(N3CCOCC3)no2)no1. The van der Waals surface area contributed by atoms with Crippen LogP contribution in [0, 0.1) is 6.92 Å². The number of anilines is 1. The van der Waals surface area contributed by atoms with Gasteiger partial charge in [-0.05, 0) is 19.8 Å². The molecular weight excluding hydrogens is 312 g/mol. The van der Waals surface area contributed by atoms with Crippen LogP contribution in [0.4, 0.5) is 5.82 Å². The lowest BCUT2D eigenvalue weighted by molar-refractivity contribution is 0.0688. The molecule has 2 aromatic heterocycles. The minimum Gasteiger partial charge on any atom is -0.378 e. The molecule has 0 bridgehead atoms. The Labute approximate surface area is 139 Å². The molecule has 2 aromatic rings. The third kappa shape index (κ3) is 2.77. The van der Waals surface area contributed by atoms with Crippen molar-refractivity contribution in [2.75, 3.05) is 37.7 Å². The summed E-state index contributed by atoms with van der Waals surface area (Å²) in [6.07, 6.45) is 1.81. The largest absolute Gasteiger partial charge is 0.378 e. The van der Waals surface area contributed by atoms with Crippen molar-refractivity contribution in [2.24, 2.45) is 0 Å². The van der Waals surface area contributed by atoms with E-state index in [-0.39, 0.29) is 17.7 Å². The van der Waals surface area contributed by atoms with E-state index >= 15 is 0 Å². The zero-order valence-electron chi connectivity index (χ0n) is 13.6. The minimum atomic E-state index is -0.148. The summed E-state index contributed by atoms with van der Waals surface area (Å²) in [5.74, 6) is 1.56. The van der Waals surface area contributed by atoms with Crippen molar-refractivity contribution in [3.63, 3.8) is 0 Å². The fraction of sp³-hybridized carbons (Fsp3) is 0.562. The molecule has 1 atom stereocenters. The average Bonchev–Trinajstić information content (AvgIpc) is 3.35. The van der Waals surface area contributed by atoms with E-state index in [9.17, 15) is 4.79 Å². The van der Waals surface area contributed by atoms with Gasteiger partial charge in [0.2, 0.25) is 5.76 Å². The third-order valence-corrected chi connectivity index (χ3v) is 4.54. The molecule has 0 aromatic carbocycles. The summed E-state index contributed by atoms with van der Waals surface area (Å²) in [5.41, 5.74) is 0.797. The molecule has 0 N–H and O–H groups in total. The smallest absolute Gasteiger partial charge is 0.293 e. The maximum atomic E-state index is 12.8. The van der Waals surface area contributed by atoms with Gasteiger partial charge >= 0.3 is 0 Å². The lowest BCUT2D eigenvalue weighted by Crippen LogP contribution is -2.36. The Hall–Kier alpha value is -2.35. The van der Waals surface area contributed by atoms with Gasteiger partial charge in [-0.1, -0.05) is 10.3 Å².